The molecule has 0 radical (unpaired) electrons. The molecule has 1 N–H and O–H groups in total. The fourth-order valence-corrected chi connectivity index (χ4v) is 2.28. The van der Waals surface area contributed by atoms with Crippen molar-refractivity contribution in [2.75, 3.05) is 0 Å². The molecule has 16 heavy (non-hydrogen) atoms. The molecule has 2 heterocycles. The second kappa shape index (κ2) is 3.75. The van der Waals surface area contributed by atoms with Gasteiger partial charge in [0.25, 0.3) is 0 Å². The quantitative estimate of drug-likeness (QED) is 0.891. The van der Waals surface area contributed by atoms with E-state index in [1.165, 1.54) is 6.07 Å². The molecule has 2 rings (SSSR count). The van der Waals surface area contributed by atoms with Gasteiger partial charge in [-0.25, -0.2) is 4.79 Å². The smallest absolute Gasteiger partial charge is 0.358 e. The van der Waals surface area contributed by atoms with Crippen molar-refractivity contribution < 1.29 is 14.4 Å². The van der Waals surface area contributed by atoms with Crippen LogP contribution in [0.15, 0.2) is 28.1 Å². The molecule has 2 aromatic heterocycles. The van der Waals surface area contributed by atoms with Crippen LogP contribution in [0.5, 0.6) is 0 Å². The highest BCUT2D eigenvalue weighted by atomic mass is 32.1. The summed E-state index contributed by atoms with van der Waals surface area (Å²) in [6, 6.07) is 5.42. The highest BCUT2D eigenvalue weighted by Gasteiger charge is 2.29. The van der Waals surface area contributed by atoms with Crippen LogP contribution in [-0.2, 0) is 5.41 Å². The Morgan fingerprint density at radius 3 is 2.81 bits per heavy atom. The Hall–Kier alpha value is -1.62. The first-order valence-electron chi connectivity index (χ1n) is 4.76. The Labute approximate surface area is 96.5 Å². The van der Waals surface area contributed by atoms with Crippen LogP contribution in [0.25, 0.3) is 0 Å². The Morgan fingerprint density at radius 2 is 2.31 bits per heavy atom. The molecule has 5 heteroatoms. The van der Waals surface area contributed by atoms with Gasteiger partial charge in [0.05, 0.1) is 5.41 Å². The summed E-state index contributed by atoms with van der Waals surface area (Å²) in [5.41, 5.74) is -0.408. The van der Waals surface area contributed by atoms with Crippen molar-refractivity contribution in [3.63, 3.8) is 0 Å². The van der Waals surface area contributed by atoms with Crippen LogP contribution in [0, 0.1) is 0 Å². The fourth-order valence-electron chi connectivity index (χ4n) is 1.43. The highest BCUT2D eigenvalue weighted by molar-refractivity contribution is 7.10. The van der Waals surface area contributed by atoms with Gasteiger partial charge in [-0.2, -0.15) is 0 Å². The van der Waals surface area contributed by atoms with Crippen molar-refractivity contribution in [2.24, 2.45) is 0 Å². The summed E-state index contributed by atoms with van der Waals surface area (Å²) < 4.78 is 5.09. The molecule has 84 valence electrons. The third-order valence-corrected chi connectivity index (χ3v) is 3.68. The number of carboxylic acids is 1. The molecule has 0 bridgehead atoms. The van der Waals surface area contributed by atoms with E-state index in [2.05, 4.69) is 5.16 Å². The molecular weight excluding hydrogens is 226 g/mol. The van der Waals surface area contributed by atoms with Gasteiger partial charge in [0, 0.05) is 10.9 Å². The summed E-state index contributed by atoms with van der Waals surface area (Å²) >= 11 is 1.61. The number of rotatable bonds is 3. The molecule has 2 aromatic rings. The summed E-state index contributed by atoms with van der Waals surface area (Å²) in [5, 5.41) is 14.3. The van der Waals surface area contributed by atoms with Crippen LogP contribution in [0.3, 0.4) is 0 Å². The van der Waals surface area contributed by atoms with Gasteiger partial charge in [0.15, 0.2) is 5.69 Å². The summed E-state index contributed by atoms with van der Waals surface area (Å²) in [6.45, 7) is 3.95. The number of aromatic nitrogens is 1. The number of hydrogen-bond acceptors (Lipinski definition) is 4. The lowest BCUT2D eigenvalue weighted by molar-refractivity contribution is 0.0685. The molecule has 0 spiro atoms. The van der Waals surface area contributed by atoms with Crippen LogP contribution in [0.4, 0.5) is 0 Å². The molecule has 4 nitrogen and oxygen atoms in total. The minimum absolute atomic E-state index is 0.0559. The molecule has 0 unspecified atom stereocenters. The normalized spacial score (nSPS) is 11.6. The van der Waals surface area contributed by atoms with Crippen molar-refractivity contribution in [1.82, 2.24) is 5.16 Å². The second-order valence-corrected chi connectivity index (χ2v) is 4.93. The zero-order valence-corrected chi connectivity index (χ0v) is 9.75. The first kappa shape index (κ1) is 10.9. The van der Waals surface area contributed by atoms with Crippen LogP contribution >= 0.6 is 11.3 Å². The van der Waals surface area contributed by atoms with Gasteiger partial charge in [-0.3, -0.25) is 0 Å². The van der Waals surface area contributed by atoms with E-state index >= 15 is 0 Å². The zero-order valence-electron chi connectivity index (χ0n) is 8.93. The predicted octanol–water partition coefficient (Wildman–Crippen LogP) is 2.76. The number of carboxylic acid groups (broad SMARTS) is 1. The Bertz CT molecular complexity index is 499. The molecule has 0 saturated carbocycles. The van der Waals surface area contributed by atoms with E-state index in [1.54, 1.807) is 11.3 Å². The summed E-state index contributed by atoms with van der Waals surface area (Å²) in [6.07, 6.45) is 0. The standard InChI is InChI=1S/C11H11NO3S/c1-11(2,9-4-3-5-16-9)8-6-7(10(13)14)12-15-8/h3-6H,1-2H3,(H,13,14). The van der Waals surface area contributed by atoms with Crippen molar-refractivity contribution >= 4 is 17.3 Å². The van der Waals surface area contributed by atoms with Gasteiger partial charge in [-0.15, -0.1) is 11.3 Å². The Kier molecular flexibility index (Phi) is 2.55. The van der Waals surface area contributed by atoms with E-state index in [9.17, 15) is 4.79 Å². The van der Waals surface area contributed by atoms with Crippen molar-refractivity contribution in [3.05, 3.63) is 39.9 Å². The lowest BCUT2D eigenvalue weighted by atomic mass is 9.88. The van der Waals surface area contributed by atoms with E-state index in [4.69, 9.17) is 9.63 Å². The lowest BCUT2D eigenvalue weighted by Crippen LogP contribution is -2.16. The van der Waals surface area contributed by atoms with Crippen molar-refractivity contribution in [1.29, 1.82) is 0 Å². The largest absolute Gasteiger partial charge is 0.476 e. The topological polar surface area (TPSA) is 63.3 Å². The van der Waals surface area contributed by atoms with Gasteiger partial charge in [-0.05, 0) is 25.3 Å². The van der Waals surface area contributed by atoms with Crippen molar-refractivity contribution in [3.8, 4) is 0 Å². The van der Waals surface area contributed by atoms with Crippen LogP contribution in [0.2, 0.25) is 0 Å². The van der Waals surface area contributed by atoms with E-state index < -0.39 is 5.97 Å². The van der Waals surface area contributed by atoms with Crippen molar-refractivity contribution in [2.45, 2.75) is 19.3 Å². The molecule has 0 saturated heterocycles. The van der Waals surface area contributed by atoms with Gasteiger partial charge >= 0.3 is 5.97 Å². The van der Waals surface area contributed by atoms with Gasteiger partial charge in [0.1, 0.15) is 5.76 Å². The third-order valence-electron chi connectivity index (χ3n) is 2.48. The Balaban J connectivity index is 2.39. The zero-order chi connectivity index (χ0) is 11.8. The minimum Gasteiger partial charge on any atom is -0.476 e. The maximum Gasteiger partial charge on any atom is 0.358 e. The molecule has 0 amide bonds. The summed E-state index contributed by atoms with van der Waals surface area (Å²) in [4.78, 5) is 11.8. The highest BCUT2D eigenvalue weighted by Crippen LogP contribution is 2.34. The molecule has 0 atom stereocenters. The van der Waals surface area contributed by atoms with Crippen LogP contribution in [-0.4, -0.2) is 16.2 Å². The van der Waals surface area contributed by atoms with Gasteiger partial charge < -0.3 is 9.63 Å². The molecule has 0 fully saturated rings. The SMILES string of the molecule is CC(C)(c1cc(C(=O)O)no1)c1cccs1. The maximum absolute atomic E-state index is 10.7. The first-order chi connectivity index (χ1) is 7.51. The maximum atomic E-state index is 10.7. The average Bonchev–Trinajstić information content (AvgIpc) is 2.90. The molecule has 0 aliphatic heterocycles. The van der Waals surface area contributed by atoms with E-state index in [-0.39, 0.29) is 11.1 Å². The van der Waals surface area contributed by atoms with Crippen LogP contribution < -0.4 is 0 Å². The second-order valence-electron chi connectivity index (χ2n) is 3.98. The van der Waals surface area contributed by atoms with Crippen LogP contribution in [0.1, 0.15) is 35.0 Å². The number of hydrogen-bond donors (Lipinski definition) is 1. The number of thiophene rings is 1. The van der Waals surface area contributed by atoms with Gasteiger partial charge in [-0.1, -0.05) is 11.2 Å². The van der Waals surface area contributed by atoms with E-state index in [0.29, 0.717) is 5.76 Å². The average molecular weight is 237 g/mol. The van der Waals surface area contributed by atoms with E-state index in [1.807, 2.05) is 31.4 Å². The molecular formula is C11H11NO3S. The number of nitrogens with zero attached hydrogens (tertiary/aromatic N) is 1. The molecule has 0 aliphatic carbocycles. The third kappa shape index (κ3) is 1.74. The van der Waals surface area contributed by atoms with Gasteiger partial charge in [0.2, 0.25) is 0 Å². The lowest BCUT2D eigenvalue weighted by Gasteiger charge is -2.18. The molecule has 0 aromatic carbocycles. The Morgan fingerprint density at radius 1 is 1.56 bits per heavy atom. The number of carbonyl (C=O) groups is 1. The fraction of sp³-hybridized carbons (Fsp3) is 0.273. The number of aromatic carboxylic acids is 1. The summed E-state index contributed by atoms with van der Waals surface area (Å²) in [5.74, 6) is -0.510. The molecule has 0 aliphatic rings. The monoisotopic (exact) mass is 237 g/mol. The summed E-state index contributed by atoms with van der Waals surface area (Å²) in [7, 11) is 0. The first-order valence-corrected chi connectivity index (χ1v) is 5.64. The van der Waals surface area contributed by atoms with E-state index in [0.717, 1.165) is 4.88 Å². The minimum atomic E-state index is -1.07. The predicted molar refractivity (Wildman–Crippen MR) is 59.9 cm³/mol.